The van der Waals surface area contributed by atoms with Crippen LogP contribution in [0, 0.1) is 0 Å². The second-order valence-corrected chi connectivity index (χ2v) is 10.2. The SMILES string of the molecule is NCCS(=O)(=O)c1ccc(-c2cccc3nc(C(=O)O)nn23)c(-c2nn[nH]n2)c1S(N)(=O)=O. The molecule has 3 heterocycles. The first kappa shape index (κ1) is 22.4. The van der Waals surface area contributed by atoms with Crippen LogP contribution in [0.1, 0.15) is 10.6 Å². The van der Waals surface area contributed by atoms with Crippen molar-refractivity contribution >= 4 is 31.5 Å². The maximum absolute atomic E-state index is 12.8. The molecular weight excluding hydrogens is 478 g/mol. The van der Waals surface area contributed by atoms with E-state index in [1.807, 2.05) is 0 Å². The number of carbonyl (C=O) groups is 1. The van der Waals surface area contributed by atoms with Crippen LogP contribution in [0.3, 0.4) is 0 Å². The number of carboxylic acid groups (broad SMARTS) is 1. The molecular formula is C16H15N9O6S2. The summed E-state index contributed by atoms with van der Waals surface area (Å²) >= 11 is 0. The number of hydrogen-bond acceptors (Lipinski definition) is 11. The Hall–Kier alpha value is -3.80. The molecule has 17 heteroatoms. The summed E-state index contributed by atoms with van der Waals surface area (Å²) in [5, 5.41) is 31.8. The number of rotatable bonds is 7. The average molecular weight is 493 g/mol. The topological polar surface area (TPSA) is 242 Å². The summed E-state index contributed by atoms with van der Waals surface area (Å²) in [4.78, 5) is 13.9. The minimum Gasteiger partial charge on any atom is -0.475 e. The largest absolute Gasteiger partial charge is 0.475 e. The minimum absolute atomic E-state index is 0.0829. The molecule has 172 valence electrons. The van der Waals surface area contributed by atoms with E-state index in [9.17, 15) is 26.7 Å². The second kappa shape index (κ2) is 7.96. The molecule has 3 aromatic heterocycles. The predicted octanol–water partition coefficient (Wildman–Crippen LogP) is -1.35. The third-order valence-corrected chi connectivity index (χ3v) is 7.43. The lowest BCUT2D eigenvalue weighted by atomic mass is 10.0. The number of carboxylic acids is 1. The third kappa shape index (κ3) is 3.93. The zero-order valence-corrected chi connectivity index (χ0v) is 18.1. The quantitative estimate of drug-likeness (QED) is 0.233. The van der Waals surface area contributed by atoms with Crippen LogP contribution < -0.4 is 10.9 Å². The lowest BCUT2D eigenvalue weighted by Crippen LogP contribution is -2.22. The first-order valence-corrected chi connectivity index (χ1v) is 12.2. The van der Waals surface area contributed by atoms with E-state index < -0.39 is 47.2 Å². The predicted molar refractivity (Wildman–Crippen MR) is 111 cm³/mol. The number of sulfone groups is 1. The zero-order chi connectivity index (χ0) is 24.0. The third-order valence-electron chi connectivity index (χ3n) is 4.52. The number of sulfonamides is 1. The Labute approximate surface area is 185 Å². The monoisotopic (exact) mass is 493 g/mol. The maximum Gasteiger partial charge on any atom is 0.375 e. The van der Waals surface area contributed by atoms with Crippen molar-refractivity contribution in [3.8, 4) is 22.6 Å². The lowest BCUT2D eigenvalue weighted by Gasteiger charge is -2.16. The average Bonchev–Trinajstić information content (AvgIpc) is 3.41. The number of hydrogen-bond donors (Lipinski definition) is 4. The smallest absolute Gasteiger partial charge is 0.375 e. The highest BCUT2D eigenvalue weighted by atomic mass is 32.2. The molecule has 0 unspecified atom stereocenters. The van der Waals surface area contributed by atoms with Gasteiger partial charge in [0.1, 0.15) is 4.90 Å². The van der Waals surface area contributed by atoms with Crippen molar-refractivity contribution in [3.63, 3.8) is 0 Å². The van der Waals surface area contributed by atoms with Crippen LogP contribution in [0.25, 0.3) is 28.3 Å². The van der Waals surface area contributed by atoms with Crippen molar-refractivity contribution in [2.75, 3.05) is 12.3 Å². The molecule has 1 aromatic carbocycles. The van der Waals surface area contributed by atoms with Crippen molar-refractivity contribution in [3.05, 3.63) is 36.2 Å². The van der Waals surface area contributed by atoms with Gasteiger partial charge in [-0.25, -0.2) is 36.3 Å². The Balaban J connectivity index is 2.16. The molecule has 4 rings (SSSR count). The number of primary sulfonamides is 1. The first-order valence-electron chi connectivity index (χ1n) is 9.00. The van der Waals surface area contributed by atoms with Gasteiger partial charge in [0.05, 0.1) is 21.9 Å². The van der Waals surface area contributed by atoms with Gasteiger partial charge < -0.3 is 10.8 Å². The van der Waals surface area contributed by atoms with Crippen LogP contribution in [0.15, 0.2) is 40.1 Å². The number of aromatic amines is 1. The van der Waals surface area contributed by atoms with Crippen molar-refractivity contribution in [1.82, 2.24) is 35.2 Å². The molecule has 0 radical (unpaired) electrons. The van der Waals surface area contributed by atoms with E-state index in [0.29, 0.717) is 0 Å². The molecule has 0 amide bonds. The van der Waals surface area contributed by atoms with Crippen LogP contribution in [-0.2, 0) is 19.9 Å². The van der Waals surface area contributed by atoms with Gasteiger partial charge in [-0.2, -0.15) is 5.21 Å². The van der Waals surface area contributed by atoms with Crippen LogP contribution >= 0.6 is 0 Å². The van der Waals surface area contributed by atoms with E-state index in [0.717, 1.165) is 10.6 Å². The standard InChI is InChI=1S/C16H15N9O6S2/c17-6-7-32(28,29)10-5-4-8(12(13(10)33(18,30)31)14-20-23-24-21-14)9-2-1-3-11-19-15(16(26)27)22-25(9)11/h1-5H,6-7,17H2,(H,26,27)(H2,18,30,31)(H,20,21,23,24). The van der Waals surface area contributed by atoms with Gasteiger partial charge in [0, 0.05) is 12.1 Å². The molecule has 4 aromatic rings. The molecule has 6 N–H and O–H groups in total. The van der Waals surface area contributed by atoms with Crippen molar-refractivity contribution in [2.45, 2.75) is 9.79 Å². The van der Waals surface area contributed by atoms with Gasteiger partial charge in [0.2, 0.25) is 15.8 Å². The van der Waals surface area contributed by atoms with E-state index in [4.69, 9.17) is 10.9 Å². The van der Waals surface area contributed by atoms with Crippen LogP contribution in [0.2, 0.25) is 0 Å². The van der Waals surface area contributed by atoms with Crippen LogP contribution in [-0.4, -0.2) is 75.4 Å². The zero-order valence-electron chi connectivity index (χ0n) is 16.4. The van der Waals surface area contributed by atoms with Gasteiger partial charge in [-0.1, -0.05) is 12.1 Å². The van der Waals surface area contributed by atoms with Crippen molar-refractivity contribution < 1.29 is 26.7 Å². The molecule has 0 aliphatic heterocycles. The van der Waals surface area contributed by atoms with Gasteiger partial charge in [0.15, 0.2) is 15.5 Å². The fraction of sp³-hybridized carbons (Fsp3) is 0.125. The first-order chi connectivity index (χ1) is 15.5. The number of fused-ring (bicyclic) bond motifs is 1. The number of nitrogens with two attached hydrogens (primary N) is 2. The molecule has 33 heavy (non-hydrogen) atoms. The number of benzene rings is 1. The number of aromatic carboxylic acids is 1. The number of aromatic nitrogens is 7. The second-order valence-electron chi connectivity index (χ2n) is 6.62. The number of pyridine rings is 1. The Bertz CT molecular complexity index is 1590. The highest BCUT2D eigenvalue weighted by Gasteiger charge is 2.32. The molecule has 0 bridgehead atoms. The number of H-pyrrole nitrogens is 1. The Kier molecular flexibility index (Phi) is 5.40. The molecule has 0 saturated carbocycles. The van der Waals surface area contributed by atoms with E-state index in [1.54, 1.807) is 0 Å². The summed E-state index contributed by atoms with van der Waals surface area (Å²) in [6.07, 6.45) is 0. The molecule has 0 saturated heterocycles. The normalized spacial score (nSPS) is 12.3. The Morgan fingerprint density at radius 2 is 1.91 bits per heavy atom. The summed E-state index contributed by atoms with van der Waals surface area (Å²) in [6.45, 7) is -0.262. The maximum atomic E-state index is 12.8. The van der Waals surface area contributed by atoms with Gasteiger partial charge in [0.25, 0.3) is 5.82 Å². The summed E-state index contributed by atoms with van der Waals surface area (Å²) in [7, 11) is -8.83. The summed E-state index contributed by atoms with van der Waals surface area (Å²) in [6, 6.07) is 6.88. The van der Waals surface area contributed by atoms with Gasteiger partial charge in [-0.05, 0) is 23.4 Å². The van der Waals surface area contributed by atoms with E-state index >= 15 is 0 Å². The molecule has 0 aliphatic carbocycles. The van der Waals surface area contributed by atoms with E-state index in [2.05, 4.69) is 30.7 Å². The molecule has 0 atom stereocenters. The Morgan fingerprint density at radius 1 is 1.15 bits per heavy atom. The van der Waals surface area contributed by atoms with Crippen LogP contribution in [0.4, 0.5) is 0 Å². The van der Waals surface area contributed by atoms with Gasteiger partial charge in [-0.15, -0.1) is 15.3 Å². The van der Waals surface area contributed by atoms with Gasteiger partial charge in [-0.3, -0.25) is 0 Å². The number of nitrogens with one attached hydrogen (secondary N) is 1. The molecule has 15 nitrogen and oxygen atoms in total. The van der Waals surface area contributed by atoms with Gasteiger partial charge >= 0.3 is 5.97 Å². The van der Waals surface area contributed by atoms with Crippen molar-refractivity contribution in [1.29, 1.82) is 0 Å². The van der Waals surface area contributed by atoms with E-state index in [1.165, 1.54) is 24.3 Å². The fourth-order valence-corrected chi connectivity index (χ4v) is 6.01. The molecule has 0 fully saturated rings. The Morgan fingerprint density at radius 3 is 2.52 bits per heavy atom. The summed E-state index contributed by atoms with van der Waals surface area (Å²) in [5.41, 5.74) is 5.50. The van der Waals surface area contributed by atoms with E-state index in [-0.39, 0.29) is 34.8 Å². The van der Waals surface area contributed by atoms with Crippen LogP contribution in [0.5, 0.6) is 0 Å². The number of nitrogens with zero attached hydrogens (tertiary/aromatic N) is 6. The highest BCUT2D eigenvalue weighted by molar-refractivity contribution is 7.93. The molecule has 0 spiro atoms. The molecule has 0 aliphatic rings. The summed E-state index contributed by atoms with van der Waals surface area (Å²) < 4.78 is 52.1. The number of tetrazole rings is 1. The summed E-state index contributed by atoms with van der Waals surface area (Å²) in [5.74, 6) is -2.69. The highest BCUT2D eigenvalue weighted by Crippen LogP contribution is 2.38. The van der Waals surface area contributed by atoms with Crippen molar-refractivity contribution in [2.24, 2.45) is 10.9 Å². The minimum atomic E-state index is -4.66. The lowest BCUT2D eigenvalue weighted by molar-refractivity contribution is 0.0684. The fourth-order valence-electron chi connectivity index (χ4n) is 3.26.